The molecule has 0 amide bonds. The van der Waals surface area contributed by atoms with Crippen LogP contribution in [0.5, 0.6) is 0 Å². The van der Waals surface area contributed by atoms with Gasteiger partial charge in [-0.3, -0.25) is 9.59 Å². The summed E-state index contributed by atoms with van der Waals surface area (Å²) in [7, 11) is 0. The third-order valence-corrected chi connectivity index (χ3v) is 5.24. The zero-order chi connectivity index (χ0) is 19.7. The highest BCUT2D eigenvalue weighted by molar-refractivity contribution is 6.27. The van der Waals surface area contributed by atoms with Crippen LogP contribution in [0.4, 0.5) is 5.69 Å². The lowest BCUT2D eigenvalue weighted by Gasteiger charge is -2.28. The van der Waals surface area contributed by atoms with Crippen LogP contribution in [0.2, 0.25) is 0 Å². The standard InChI is InChI=1S/C22H21N3O3/c1-14(24-28)15-8-10-16(11-9-15)23-19-20(25-12-4-5-13-25)22(27)18-7-3-2-6-17(18)21(19)26/h2-3,6-11,23,28H,4-5,12-13H2,1H3/b24-14+. The number of anilines is 1. The van der Waals surface area contributed by atoms with Crippen LogP contribution in [-0.4, -0.2) is 40.5 Å². The van der Waals surface area contributed by atoms with Gasteiger partial charge in [0.1, 0.15) is 11.4 Å². The van der Waals surface area contributed by atoms with E-state index in [-0.39, 0.29) is 11.6 Å². The lowest BCUT2D eigenvalue weighted by atomic mass is 9.89. The molecule has 1 heterocycles. The molecule has 0 radical (unpaired) electrons. The van der Waals surface area contributed by atoms with Crippen molar-refractivity contribution in [1.29, 1.82) is 0 Å². The summed E-state index contributed by atoms with van der Waals surface area (Å²) < 4.78 is 0. The highest BCUT2D eigenvalue weighted by Gasteiger charge is 2.36. The first kappa shape index (κ1) is 18.0. The smallest absolute Gasteiger partial charge is 0.212 e. The molecule has 0 saturated carbocycles. The molecular weight excluding hydrogens is 354 g/mol. The second-order valence-electron chi connectivity index (χ2n) is 7.01. The Hall–Kier alpha value is -3.41. The summed E-state index contributed by atoms with van der Waals surface area (Å²) in [6.07, 6.45) is 2.02. The molecule has 0 spiro atoms. The van der Waals surface area contributed by atoms with E-state index >= 15 is 0 Å². The minimum Gasteiger partial charge on any atom is -0.411 e. The fourth-order valence-electron chi connectivity index (χ4n) is 3.72. The average Bonchev–Trinajstić information content (AvgIpc) is 3.26. The van der Waals surface area contributed by atoms with Gasteiger partial charge in [-0.1, -0.05) is 41.6 Å². The number of hydrogen-bond donors (Lipinski definition) is 2. The van der Waals surface area contributed by atoms with Crippen LogP contribution in [0.15, 0.2) is 65.1 Å². The van der Waals surface area contributed by atoms with E-state index in [1.54, 1.807) is 55.5 Å². The molecule has 0 unspecified atom stereocenters. The molecule has 1 aliphatic carbocycles. The molecule has 6 heteroatoms. The maximum Gasteiger partial charge on any atom is 0.212 e. The molecule has 142 valence electrons. The number of hydrogen-bond acceptors (Lipinski definition) is 6. The van der Waals surface area contributed by atoms with Crippen LogP contribution in [0, 0.1) is 0 Å². The Kier molecular flexibility index (Phi) is 4.69. The van der Waals surface area contributed by atoms with Gasteiger partial charge in [0.2, 0.25) is 11.6 Å². The van der Waals surface area contributed by atoms with E-state index in [0.29, 0.717) is 33.9 Å². The fraction of sp³-hybridized carbons (Fsp3) is 0.227. The zero-order valence-electron chi connectivity index (χ0n) is 15.6. The zero-order valence-corrected chi connectivity index (χ0v) is 15.6. The first-order valence-corrected chi connectivity index (χ1v) is 9.34. The molecule has 28 heavy (non-hydrogen) atoms. The number of benzene rings is 2. The van der Waals surface area contributed by atoms with Gasteiger partial charge < -0.3 is 15.4 Å². The molecule has 0 atom stereocenters. The average molecular weight is 375 g/mol. The van der Waals surface area contributed by atoms with Gasteiger partial charge in [-0.2, -0.15) is 0 Å². The summed E-state index contributed by atoms with van der Waals surface area (Å²) in [5.74, 6) is -0.284. The number of nitrogens with zero attached hydrogens (tertiary/aromatic N) is 2. The SMILES string of the molecule is C/C(=N\O)c1ccc(NC2=C(N3CCCC3)C(=O)c3ccccc3C2=O)cc1. The van der Waals surface area contributed by atoms with E-state index in [4.69, 9.17) is 5.21 Å². The number of oxime groups is 1. The first-order valence-electron chi connectivity index (χ1n) is 9.34. The number of carbonyl (C=O) groups excluding carboxylic acids is 2. The van der Waals surface area contributed by atoms with Crippen molar-refractivity contribution in [3.8, 4) is 0 Å². The van der Waals surface area contributed by atoms with Gasteiger partial charge in [0, 0.05) is 29.9 Å². The van der Waals surface area contributed by atoms with E-state index in [9.17, 15) is 9.59 Å². The predicted molar refractivity (Wildman–Crippen MR) is 107 cm³/mol. The minimum absolute atomic E-state index is 0.112. The number of carbonyl (C=O) groups is 2. The molecule has 1 saturated heterocycles. The van der Waals surface area contributed by atoms with E-state index in [1.165, 1.54) is 0 Å². The molecule has 4 rings (SSSR count). The third kappa shape index (κ3) is 3.07. The Bertz CT molecular complexity index is 1000. The van der Waals surface area contributed by atoms with E-state index in [2.05, 4.69) is 10.5 Å². The summed E-state index contributed by atoms with van der Waals surface area (Å²) in [6, 6.07) is 14.2. The molecule has 6 nitrogen and oxygen atoms in total. The second kappa shape index (κ2) is 7.31. The van der Waals surface area contributed by atoms with Gasteiger partial charge in [0.15, 0.2) is 0 Å². The molecule has 2 aliphatic rings. The van der Waals surface area contributed by atoms with Crippen molar-refractivity contribution in [2.75, 3.05) is 18.4 Å². The fourth-order valence-corrected chi connectivity index (χ4v) is 3.72. The Morgan fingerprint density at radius 3 is 2.18 bits per heavy atom. The first-order chi connectivity index (χ1) is 13.6. The highest BCUT2D eigenvalue weighted by atomic mass is 16.4. The number of allylic oxidation sites excluding steroid dienone is 2. The topological polar surface area (TPSA) is 82.0 Å². The summed E-state index contributed by atoms with van der Waals surface area (Å²) in [5.41, 5.74) is 3.65. The molecular formula is C22H21N3O3. The summed E-state index contributed by atoms with van der Waals surface area (Å²) in [6.45, 7) is 3.25. The van der Waals surface area contributed by atoms with Crippen LogP contribution in [0.25, 0.3) is 0 Å². The number of likely N-dealkylation sites (tertiary alicyclic amines) is 1. The maximum absolute atomic E-state index is 13.2. The van der Waals surface area contributed by atoms with Gasteiger partial charge in [-0.25, -0.2) is 0 Å². The van der Waals surface area contributed by atoms with Gasteiger partial charge in [0.05, 0.1) is 5.71 Å². The van der Waals surface area contributed by atoms with Crippen LogP contribution in [0.3, 0.4) is 0 Å². The third-order valence-electron chi connectivity index (χ3n) is 5.24. The lowest BCUT2D eigenvalue weighted by molar-refractivity contribution is 0.0948. The number of rotatable bonds is 4. The molecule has 1 aliphatic heterocycles. The van der Waals surface area contributed by atoms with Crippen molar-refractivity contribution in [2.45, 2.75) is 19.8 Å². The molecule has 0 bridgehead atoms. The van der Waals surface area contributed by atoms with Crippen LogP contribution < -0.4 is 5.32 Å². The van der Waals surface area contributed by atoms with E-state index in [0.717, 1.165) is 31.5 Å². The van der Waals surface area contributed by atoms with Crippen molar-refractivity contribution in [2.24, 2.45) is 5.16 Å². The molecule has 1 fully saturated rings. The van der Waals surface area contributed by atoms with Crippen molar-refractivity contribution in [3.63, 3.8) is 0 Å². The minimum atomic E-state index is -0.172. The van der Waals surface area contributed by atoms with Crippen molar-refractivity contribution in [3.05, 3.63) is 76.6 Å². The van der Waals surface area contributed by atoms with Gasteiger partial charge in [0.25, 0.3) is 0 Å². The lowest BCUT2D eigenvalue weighted by Crippen LogP contribution is -2.35. The van der Waals surface area contributed by atoms with Gasteiger partial charge in [-0.05, 0) is 37.5 Å². The summed E-state index contributed by atoms with van der Waals surface area (Å²) in [4.78, 5) is 28.4. The Morgan fingerprint density at radius 1 is 0.964 bits per heavy atom. The van der Waals surface area contributed by atoms with E-state index in [1.807, 2.05) is 4.90 Å². The van der Waals surface area contributed by atoms with Crippen molar-refractivity contribution in [1.82, 2.24) is 4.90 Å². The van der Waals surface area contributed by atoms with Crippen LogP contribution >= 0.6 is 0 Å². The summed E-state index contributed by atoms with van der Waals surface area (Å²) in [5, 5.41) is 15.3. The molecule has 0 aromatic heterocycles. The Morgan fingerprint density at radius 2 is 1.57 bits per heavy atom. The van der Waals surface area contributed by atoms with Crippen molar-refractivity contribution >= 4 is 23.0 Å². The quantitative estimate of drug-likeness (QED) is 0.484. The number of fused-ring (bicyclic) bond motifs is 1. The molecule has 2 N–H and O–H groups in total. The number of ketones is 2. The van der Waals surface area contributed by atoms with E-state index < -0.39 is 0 Å². The predicted octanol–water partition coefficient (Wildman–Crippen LogP) is 3.68. The second-order valence-corrected chi connectivity index (χ2v) is 7.01. The number of nitrogens with one attached hydrogen (secondary N) is 1. The highest BCUT2D eigenvalue weighted by Crippen LogP contribution is 2.31. The van der Waals surface area contributed by atoms with Crippen LogP contribution in [0.1, 0.15) is 46.0 Å². The molecule has 2 aromatic rings. The van der Waals surface area contributed by atoms with Gasteiger partial charge in [-0.15, -0.1) is 0 Å². The van der Waals surface area contributed by atoms with Crippen LogP contribution in [-0.2, 0) is 0 Å². The Labute approximate surface area is 163 Å². The normalized spacial score (nSPS) is 17.2. The van der Waals surface area contributed by atoms with Crippen molar-refractivity contribution < 1.29 is 14.8 Å². The maximum atomic E-state index is 13.2. The number of Topliss-reactive ketones (excluding diaryl/α,β-unsaturated/α-hetero) is 2. The Balaban J connectivity index is 1.75. The largest absolute Gasteiger partial charge is 0.411 e. The molecule has 2 aromatic carbocycles. The van der Waals surface area contributed by atoms with Gasteiger partial charge >= 0.3 is 0 Å². The monoisotopic (exact) mass is 375 g/mol. The summed E-state index contributed by atoms with van der Waals surface area (Å²) >= 11 is 0.